The highest BCUT2D eigenvalue weighted by Gasteiger charge is 2.13. The molecule has 0 aliphatic carbocycles. The van der Waals surface area contributed by atoms with Crippen LogP contribution in [0.15, 0.2) is 48.8 Å². The molecule has 0 bridgehead atoms. The van der Waals surface area contributed by atoms with Crippen LogP contribution in [0.5, 0.6) is 0 Å². The van der Waals surface area contributed by atoms with Gasteiger partial charge in [0.25, 0.3) is 5.91 Å². The van der Waals surface area contributed by atoms with Crippen LogP contribution in [0.4, 0.5) is 11.4 Å². The molecule has 0 aliphatic rings. The van der Waals surface area contributed by atoms with E-state index in [9.17, 15) is 9.59 Å². The van der Waals surface area contributed by atoms with E-state index in [-0.39, 0.29) is 18.4 Å². The van der Waals surface area contributed by atoms with Gasteiger partial charge >= 0.3 is 0 Å². The van der Waals surface area contributed by atoms with Crippen molar-refractivity contribution in [1.29, 1.82) is 0 Å². The third kappa shape index (κ3) is 5.40. The van der Waals surface area contributed by atoms with Crippen molar-refractivity contribution < 1.29 is 9.59 Å². The zero-order valence-corrected chi connectivity index (χ0v) is 17.2. The highest BCUT2D eigenvalue weighted by Crippen LogP contribution is 2.18. The third-order valence-corrected chi connectivity index (χ3v) is 4.36. The summed E-state index contributed by atoms with van der Waals surface area (Å²) in [6.07, 6.45) is 1.53. The van der Waals surface area contributed by atoms with E-state index in [1.54, 1.807) is 28.9 Å². The lowest BCUT2D eigenvalue weighted by Gasteiger charge is -2.13. The van der Waals surface area contributed by atoms with Gasteiger partial charge in [-0.25, -0.2) is 4.68 Å². The zero-order valence-electron chi connectivity index (χ0n) is 17.2. The second-order valence-corrected chi connectivity index (χ2v) is 7.31. The minimum absolute atomic E-state index is 0.0611. The van der Waals surface area contributed by atoms with Crippen LogP contribution in [0.25, 0.3) is 5.69 Å². The van der Waals surface area contributed by atoms with Crippen molar-refractivity contribution in [3.8, 4) is 5.69 Å². The van der Waals surface area contributed by atoms with Crippen molar-refractivity contribution in [3.05, 3.63) is 59.9 Å². The number of hydrogen-bond donors (Lipinski definition) is 3. The number of amides is 2. The van der Waals surface area contributed by atoms with Crippen LogP contribution in [-0.4, -0.2) is 45.1 Å². The predicted octanol–water partition coefficient (Wildman–Crippen LogP) is 2.41. The molecule has 0 radical (unpaired) electrons. The van der Waals surface area contributed by atoms with Crippen molar-refractivity contribution >= 4 is 23.2 Å². The summed E-state index contributed by atoms with van der Waals surface area (Å²) in [6, 6.07) is 12.6. The Morgan fingerprint density at radius 3 is 2.63 bits per heavy atom. The van der Waals surface area contributed by atoms with E-state index in [1.165, 1.54) is 6.33 Å². The van der Waals surface area contributed by atoms with Gasteiger partial charge in [0.2, 0.25) is 5.91 Å². The number of nitrogens with one attached hydrogen (secondary N) is 3. The fraction of sp³-hybridized carbons (Fsp3) is 0.286. The summed E-state index contributed by atoms with van der Waals surface area (Å²) in [5.41, 5.74) is 3.53. The molecule has 1 aromatic heterocycles. The van der Waals surface area contributed by atoms with Gasteiger partial charge in [-0.1, -0.05) is 26.0 Å². The Labute approximate surface area is 174 Å². The van der Waals surface area contributed by atoms with Crippen LogP contribution < -0.4 is 16.0 Å². The average molecular weight is 407 g/mol. The molecule has 156 valence electrons. The first-order chi connectivity index (χ1) is 14.4. The maximum Gasteiger partial charge on any atom is 0.253 e. The fourth-order valence-electron chi connectivity index (χ4n) is 2.85. The maximum atomic E-state index is 12.4. The minimum atomic E-state index is -0.249. The van der Waals surface area contributed by atoms with E-state index in [0.29, 0.717) is 23.7 Å². The van der Waals surface area contributed by atoms with Gasteiger partial charge in [0.1, 0.15) is 6.33 Å². The van der Waals surface area contributed by atoms with E-state index in [2.05, 4.69) is 31.5 Å². The first-order valence-corrected chi connectivity index (χ1v) is 9.69. The smallest absolute Gasteiger partial charge is 0.253 e. The molecule has 0 fully saturated rings. The van der Waals surface area contributed by atoms with Gasteiger partial charge in [-0.2, -0.15) is 0 Å². The van der Waals surface area contributed by atoms with Gasteiger partial charge in [0, 0.05) is 12.2 Å². The highest BCUT2D eigenvalue weighted by molar-refractivity contribution is 6.04. The number of benzene rings is 2. The lowest BCUT2D eigenvalue weighted by atomic mass is 10.1. The number of para-hydroxylation sites is 1. The predicted molar refractivity (Wildman–Crippen MR) is 115 cm³/mol. The van der Waals surface area contributed by atoms with Crippen LogP contribution in [0.2, 0.25) is 0 Å². The number of anilines is 2. The van der Waals surface area contributed by atoms with Crippen LogP contribution >= 0.6 is 0 Å². The van der Waals surface area contributed by atoms with Crippen LogP contribution in [-0.2, 0) is 4.79 Å². The number of aromatic nitrogens is 4. The molecule has 3 rings (SSSR count). The van der Waals surface area contributed by atoms with E-state index in [1.807, 2.05) is 39.0 Å². The monoisotopic (exact) mass is 407 g/mol. The lowest BCUT2D eigenvalue weighted by Crippen LogP contribution is -2.29. The van der Waals surface area contributed by atoms with Crippen molar-refractivity contribution in [1.82, 2.24) is 25.5 Å². The Hall–Kier alpha value is -3.75. The lowest BCUT2D eigenvalue weighted by molar-refractivity contribution is -0.114. The summed E-state index contributed by atoms with van der Waals surface area (Å²) < 4.78 is 1.58. The maximum absolute atomic E-state index is 12.4. The van der Waals surface area contributed by atoms with Crippen LogP contribution in [0.1, 0.15) is 29.8 Å². The van der Waals surface area contributed by atoms with Gasteiger partial charge in [-0.05, 0) is 59.2 Å². The number of carbonyl (C=O) groups excluding carboxylic acids is 2. The molecule has 0 saturated carbocycles. The molecular formula is C21H25N7O2. The molecular weight excluding hydrogens is 382 g/mol. The van der Waals surface area contributed by atoms with Gasteiger partial charge in [0.15, 0.2) is 0 Å². The Morgan fingerprint density at radius 2 is 1.93 bits per heavy atom. The molecule has 3 N–H and O–H groups in total. The van der Waals surface area contributed by atoms with Gasteiger partial charge in [0.05, 0.1) is 23.5 Å². The average Bonchev–Trinajstić information content (AvgIpc) is 3.25. The molecule has 2 amide bonds. The van der Waals surface area contributed by atoms with E-state index in [4.69, 9.17) is 0 Å². The van der Waals surface area contributed by atoms with Gasteiger partial charge in [-0.15, -0.1) is 5.10 Å². The third-order valence-electron chi connectivity index (χ3n) is 4.36. The number of rotatable bonds is 8. The number of hydrogen-bond acceptors (Lipinski definition) is 6. The van der Waals surface area contributed by atoms with Gasteiger partial charge in [-0.3, -0.25) is 9.59 Å². The molecule has 9 heteroatoms. The Balaban J connectivity index is 1.60. The summed E-state index contributed by atoms with van der Waals surface area (Å²) in [6.45, 7) is 6.62. The van der Waals surface area contributed by atoms with E-state index in [0.717, 1.165) is 16.9 Å². The molecule has 0 atom stereocenters. The molecule has 1 heterocycles. The van der Waals surface area contributed by atoms with E-state index < -0.39 is 0 Å². The number of nitrogens with zero attached hydrogens (tertiary/aromatic N) is 4. The summed E-state index contributed by atoms with van der Waals surface area (Å²) >= 11 is 0. The molecule has 0 spiro atoms. The molecule has 30 heavy (non-hydrogen) atoms. The molecule has 0 unspecified atom stereocenters. The molecule has 0 aliphatic heterocycles. The first kappa shape index (κ1) is 21.0. The summed E-state index contributed by atoms with van der Waals surface area (Å²) in [5.74, 6) is -0.113. The molecule has 2 aromatic carbocycles. The van der Waals surface area contributed by atoms with Crippen molar-refractivity contribution in [2.45, 2.75) is 20.8 Å². The van der Waals surface area contributed by atoms with Crippen LogP contribution in [0.3, 0.4) is 0 Å². The topological polar surface area (TPSA) is 114 Å². The Kier molecular flexibility index (Phi) is 6.74. The van der Waals surface area contributed by atoms with Crippen LogP contribution in [0, 0.1) is 12.8 Å². The first-order valence-electron chi connectivity index (χ1n) is 9.69. The summed E-state index contributed by atoms with van der Waals surface area (Å²) in [4.78, 5) is 24.8. The fourth-order valence-corrected chi connectivity index (χ4v) is 2.85. The van der Waals surface area contributed by atoms with Crippen molar-refractivity contribution in [2.75, 3.05) is 23.7 Å². The van der Waals surface area contributed by atoms with Crippen molar-refractivity contribution in [2.24, 2.45) is 5.92 Å². The minimum Gasteiger partial charge on any atom is -0.376 e. The Bertz CT molecular complexity index is 1020. The quantitative estimate of drug-likeness (QED) is 0.528. The normalized spacial score (nSPS) is 10.7. The number of tetrazole rings is 1. The van der Waals surface area contributed by atoms with Gasteiger partial charge < -0.3 is 16.0 Å². The Morgan fingerprint density at radius 1 is 1.13 bits per heavy atom. The largest absolute Gasteiger partial charge is 0.376 e. The standard InChI is InChI=1S/C21H25N7O2/c1-14(2)11-23-21(30)17-6-4-5-7-18(17)25-20(29)12-22-16-8-9-19(15(3)10-16)28-13-24-26-27-28/h4-10,13-14,22H,11-12H2,1-3H3,(H,23,30)(H,25,29). The molecule has 9 nitrogen and oxygen atoms in total. The number of carbonyl (C=O) groups is 2. The summed E-state index contributed by atoms with van der Waals surface area (Å²) in [5, 5.41) is 19.9. The number of aryl methyl sites for hydroxylation is 1. The van der Waals surface area contributed by atoms with Crippen molar-refractivity contribution in [3.63, 3.8) is 0 Å². The SMILES string of the molecule is Cc1cc(NCC(=O)Nc2ccccc2C(=O)NCC(C)C)ccc1-n1cnnn1. The van der Waals surface area contributed by atoms with E-state index >= 15 is 0 Å². The summed E-state index contributed by atoms with van der Waals surface area (Å²) in [7, 11) is 0. The zero-order chi connectivity index (χ0) is 21.5. The molecule has 0 saturated heterocycles. The second-order valence-electron chi connectivity index (χ2n) is 7.31. The highest BCUT2D eigenvalue weighted by atomic mass is 16.2. The molecule has 3 aromatic rings. The second kappa shape index (κ2) is 9.64.